The van der Waals surface area contributed by atoms with Crippen molar-refractivity contribution in [2.75, 3.05) is 20.1 Å². The van der Waals surface area contributed by atoms with Gasteiger partial charge in [0, 0.05) is 24.7 Å². The zero-order chi connectivity index (χ0) is 14.7. The van der Waals surface area contributed by atoms with E-state index in [9.17, 15) is 8.78 Å². The molecule has 1 aromatic rings. The molecular formula is C16H24F2N2. The van der Waals surface area contributed by atoms with Crippen molar-refractivity contribution in [3.8, 4) is 0 Å². The maximum atomic E-state index is 13.5. The molecule has 112 valence electrons. The summed E-state index contributed by atoms with van der Waals surface area (Å²) in [5.41, 5.74) is 0.750. The van der Waals surface area contributed by atoms with E-state index in [1.807, 2.05) is 7.05 Å². The Morgan fingerprint density at radius 1 is 1.25 bits per heavy atom. The lowest BCUT2D eigenvalue weighted by Gasteiger charge is -2.40. The lowest BCUT2D eigenvalue weighted by molar-refractivity contribution is 0.117. The molecule has 2 unspecified atom stereocenters. The van der Waals surface area contributed by atoms with Crippen molar-refractivity contribution < 1.29 is 8.78 Å². The van der Waals surface area contributed by atoms with Gasteiger partial charge in [-0.2, -0.15) is 0 Å². The minimum absolute atomic E-state index is 0.0835. The number of hydrogen-bond donors (Lipinski definition) is 1. The smallest absolute Gasteiger partial charge is 0.126 e. The highest BCUT2D eigenvalue weighted by Crippen LogP contribution is 2.35. The average molecular weight is 282 g/mol. The van der Waals surface area contributed by atoms with Crippen LogP contribution in [0.3, 0.4) is 0 Å². The topological polar surface area (TPSA) is 15.3 Å². The minimum Gasteiger partial charge on any atom is -0.314 e. The van der Waals surface area contributed by atoms with Crippen LogP contribution in [0.25, 0.3) is 0 Å². The Balaban J connectivity index is 2.22. The molecule has 1 aromatic carbocycles. The highest BCUT2D eigenvalue weighted by molar-refractivity contribution is 5.23. The van der Waals surface area contributed by atoms with Crippen LogP contribution in [0.2, 0.25) is 0 Å². The molecule has 1 aliphatic rings. The highest BCUT2D eigenvalue weighted by atomic mass is 19.1. The number of hydrogen-bond acceptors (Lipinski definition) is 2. The van der Waals surface area contributed by atoms with Gasteiger partial charge in [-0.15, -0.1) is 0 Å². The van der Waals surface area contributed by atoms with Gasteiger partial charge in [-0.3, -0.25) is 4.90 Å². The third-order valence-corrected chi connectivity index (χ3v) is 4.02. The van der Waals surface area contributed by atoms with E-state index < -0.39 is 11.6 Å². The number of piperidine rings is 1. The fraction of sp³-hybridized carbons (Fsp3) is 0.625. The molecule has 1 saturated heterocycles. The van der Waals surface area contributed by atoms with Gasteiger partial charge in [0.1, 0.15) is 11.6 Å². The molecule has 0 aliphatic carbocycles. The number of likely N-dealkylation sites (tertiary alicyclic amines) is 1. The maximum absolute atomic E-state index is 13.5. The Kier molecular flexibility index (Phi) is 5.11. The Morgan fingerprint density at radius 2 is 1.90 bits per heavy atom. The van der Waals surface area contributed by atoms with Gasteiger partial charge in [0.15, 0.2) is 0 Å². The van der Waals surface area contributed by atoms with Crippen LogP contribution < -0.4 is 5.32 Å². The second-order valence-electron chi connectivity index (χ2n) is 6.09. The lowest BCUT2D eigenvalue weighted by Crippen LogP contribution is -2.41. The Morgan fingerprint density at radius 3 is 2.50 bits per heavy atom. The summed E-state index contributed by atoms with van der Waals surface area (Å²) in [6, 6.07) is 4.39. The molecular weight excluding hydrogens is 258 g/mol. The van der Waals surface area contributed by atoms with Crippen molar-refractivity contribution in [3.05, 3.63) is 35.4 Å². The van der Waals surface area contributed by atoms with Gasteiger partial charge < -0.3 is 5.32 Å². The van der Waals surface area contributed by atoms with Gasteiger partial charge >= 0.3 is 0 Å². The second-order valence-corrected chi connectivity index (χ2v) is 6.09. The van der Waals surface area contributed by atoms with Gasteiger partial charge in [0.05, 0.1) is 0 Å². The second kappa shape index (κ2) is 6.64. The molecule has 0 radical (unpaired) electrons. The van der Waals surface area contributed by atoms with Crippen LogP contribution in [0.1, 0.15) is 38.3 Å². The summed E-state index contributed by atoms with van der Waals surface area (Å²) in [6.45, 7) is 6.08. The van der Waals surface area contributed by atoms with E-state index >= 15 is 0 Å². The molecule has 0 amide bonds. The van der Waals surface area contributed by atoms with Gasteiger partial charge in [-0.05, 0) is 50.0 Å². The first-order valence-corrected chi connectivity index (χ1v) is 7.37. The summed E-state index contributed by atoms with van der Waals surface area (Å²) >= 11 is 0. The van der Waals surface area contributed by atoms with Crippen molar-refractivity contribution in [1.29, 1.82) is 0 Å². The molecule has 1 aliphatic heterocycles. The molecule has 20 heavy (non-hydrogen) atoms. The van der Waals surface area contributed by atoms with Gasteiger partial charge in [0.2, 0.25) is 0 Å². The van der Waals surface area contributed by atoms with Gasteiger partial charge in [0.25, 0.3) is 0 Å². The van der Waals surface area contributed by atoms with Crippen molar-refractivity contribution >= 4 is 0 Å². The summed E-state index contributed by atoms with van der Waals surface area (Å²) in [4.78, 5) is 2.21. The quantitative estimate of drug-likeness (QED) is 0.911. The molecule has 0 spiro atoms. The van der Waals surface area contributed by atoms with Crippen LogP contribution in [0.5, 0.6) is 0 Å². The van der Waals surface area contributed by atoms with E-state index in [4.69, 9.17) is 0 Å². The highest BCUT2D eigenvalue weighted by Gasteiger charge is 2.30. The Hall–Kier alpha value is -1.00. The normalized spacial score (nSPS) is 24.3. The first-order chi connectivity index (χ1) is 9.47. The Bertz CT molecular complexity index is 428. The molecule has 0 aromatic heterocycles. The summed E-state index contributed by atoms with van der Waals surface area (Å²) in [7, 11) is 2.04. The minimum atomic E-state index is -0.491. The predicted octanol–water partition coefficient (Wildman–Crippen LogP) is 3.35. The number of halogens is 2. The average Bonchev–Trinajstić information content (AvgIpc) is 2.35. The van der Waals surface area contributed by atoms with E-state index in [0.717, 1.165) is 37.6 Å². The first kappa shape index (κ1) is 15.4. The first-order valence-electron chi connectivity index (χ1n) is 7.37. The SMILES string of the molecule is CC(C)NCC1CCCN(C)C1c1cc(F)cc(F)c1. The summed E-state index contributed by atoms with van der Waals surface area (Å²) in [5.74, 6) is -0.596. The van der Waals surface area contributed by atoms with Crippen molar-refractivity contribution in [3.63, 3.8) is 0 Å². The molecule has 1 fully saturated rings. The van der Waals surface area contributed by atoms with Gasteiger partial charge in [-0.25, -0.2) is 8.78 Å². The maximum Gasteiger partial charge on any atom is 0.126 e. The zero-order valence-corrected chi connectivity index (χ0v) is 12.5. The van der Waals surface area contributed by atoms with Crippen molar-refractivity contribution in [2.24, 2.45) is 5.92 Å². The van der Waals surface area contributed by atoms with E-state index in [2.05, 4.69) is 24.1 Å². The Labute approximate surface area is 120 Å². The molecule has 0 saturated carbocycles. The van der Waals surface area contributed by atoms with Crippen LogP contribution >= 0.6 is 0 Å². The summed E-state index contributed by atoms with van der Waals surface area (Å²) < 4.78 is 27.0. The van der Waals surface area contributed by atoms with E-state index in [1.165, 1.54) is 12.1 Å². The van der Waals surface area contributed by atoms with Crippen LogP contribution in [0, 0.1) is 17.6 Å². The standard InChI is InChI=1S/C16H24F2N2/c1-11(2)19-10-12-5-4-6-20(3)16(12)13-7-14(17)9-15(18)8-13/h7-9,11-12,16,19H,4-6,10H2,1-3H3. The van der Waals surface area contributed by atoms with Crippen LogP contribution in [-0.4, -0.2) is 31.1 Å². The fourth-order valence-electron chi connectivity index (χ4n) is 3.13. The largest absolute Gasteiger partial charge is 0.314 e. The molecule has 2 nitrogen and oxygen atoms in total. The van der Waals surface area contributed by atoms with E-state index in [1.54, 1.807) is 0 Å². The number of rotatable bonds is 4. The van der Waals surface area contributed by atoms with Crippen LogP contribution in [0.4, 0.5) is 8.78 Å². The van der Waals surface area contributed by atoms with Crippen molar-refractivity contribution in [1.82, 2.24) is 10.2 Å². The van der Waals surface area contributed by atoms with Crippen LogP contribution in [-0.2, 0) is 0 Å². The fourth-order valence-corrected chi connectivity index (χ4v) is 3.13. The molecule has 2 rings (SSSR count). The molecule has 4 heteroatoms. The number of benzene rings is 1. The van der Waals surface area contributed by atoms with E-state index in [0.29, 0.717) is 12.0 Å². The van der Waals surface area contributed by atoms with Crippen molar-refractivity contribution in [2.45, 2.75) is 38.8 Å². The lowest BCUT2D eigenvalue weighted by atomic mass is 9.84. The third kappa shape index (κ3) is 3.76. The van der Waals surface area contributed by atoms with Gasteiger partial charge in [-0.1, -0.05) is 13.8 Å². The van der Waals surface area contributed by atoms with Crippen LogP contribution in [0.15, 0.2) is 18.2 Å². The molecule has 1 heterocycles. The zero-order valence-electron chi connectivity index (χ0n) is 12.5. The predicted molar refractivity (Wildman–Crippen MR) is 77.6 cm³/mol. The molecule has 0 bridgehead atoms. The number of nitrogens with one attached hydrogen (secondary N) is 1. The summed E-state index contributed by atoms with van der Waals surface area (Å²) in [5, 5.41) is 3.45. The molecule has 1 N–H and O–H groups in total. The third-order valence-electron chi connectivity index (χ3n) is 4.02. The summed E-state index contributed by atoms with van der Waals surface area (Å²) in [6.07, 6.45) is 2.22. The molecule has 2 atom stereocenters. The van der Waals surface area contributed by atoms with E-state index in [-0.39, 0.29) is 6.04 Å². The monoisotopic (exact) mass is 282 g/mol. The number of nitrogens with zero attached hydrogens (tertiary/aromatic N) is 1.